The van der Waals surface area contributed by atoms with E-state index >= 15 is 0 Å². The molecule has 0 N–H and O–H groups in total. The third-order valence-electron chi connectivity index (χ3n) is 2.57. The average Bonchev–Trinajstić information content (AvgIpc) is 2.94. The fourth-order valence-corrected chi connectivity index (χ4v) is 2.68. The Labute approximate surface area is 103 Å². The van der Waals surface area contributed by atoms with Crippen molar-refractivity contribution in [1.29, 1.82) is 0 Å². The maximum atomic E-state index is 11.7. The third kappa shape index (κ3) is 2.26. The van der Waals surface area contributed by atoms with E-state index in [4.69, 9.17) is 9.47 Å². The van der Waals surface area contributed by atoms with Crippen molar-refractivity contribution in [3.63, 3.8) is 0 Å². The summed E-state index contributed by atoms with van der Waals surface area (Å²) in [5.41, 5.74) is -0.993. The monoisotopic (exact) mass is 326 g/mol. The molecule has 1 rings (SSSR count). The first-order chi connectivity index (χ1) is 7.13. The van der Waals surface area contributed by atoms with E-state index in [0.717, 1.165) is 4.43 Å². The Bertz CT molecular complexity index is 246. The molecule has 0 aromatic carbocycles. The summed E-state index contributed by atoms with van der Waals surface area (Å²) < 4.78 is 10.6. The summed E-state index contributed by atoms with van der Waals surface area (Å²) in [5.74, 6) is -0.772. The predicted octanol–water partition coefficient (Wildman–Crippen LogP) is 1.55. The highest BCUT2D eigenvalue weighted by atomic mass is 127. The van der Waals surface area contributed by atoms with Crippen LogP contribution in [0.25, 0.3) is 0 Å². The van der Waals surface area contributed by atoms with Crippen molar-refractivity contribution < 1.29 is 19.1 Å². The molecule has 1 saturated carbocycles. The average molecular weight is 326 g/mol. The van der Waals surface area contributed by atoms with Crippen LogP contribution in [0.2, 0.25) is 0 Å². The molecule has 0 unspecified atom stereocenters. The summed E-state index contributed by atoms with van der Waals surface area (Å²) in [7, 11) is 0. The molecule has 86 valence electrons. The summed E-state index contributed by atoms with van der Waals surface area (Å²) in [5, 5.41) is 0. The van der Waals surface area contributed by atoms with Gasteiger partial charge in [0.25, 0.3) is 0 Å². The normalized spacial score (nSPS) is 21.9. The standard InChI is InChI=1S/C10H15IO4/c1-3-14-8(12)10(5-7(10)6-11)9(13)15-4-2/h7H,3-6H2,1-2H3/t7-/m0/s1. The van der Waals surface area contributed by atoms with Gasteiger partial charge in [-0.25, -0.2) is 0 Å². The molecular weight excluding hydrogens is 311 g/mol. The summed E-state index contributed by atoms with van der Waals surface area (Å²) in [6.45, 7) is 4.07. The lowest BCUT2D eigenvalue weighted by Crippen LogP contribution is -2.32. The quantitative estimate of drug-likeness (QED) is 0.333. The van der Waals surface area contributed by atoms with Gasteiger partial charge in [-0.15, -0.1) is 0 Å². The van der Waals surface area contributed by atoms with Crippen LogP contribution in [0.5, 0.6) is 0 Å². The SMILES string of the molecule is CCOC(=O)C1(C(=O)OCC)C[C@H]1CI. The van der Waals surface area contributed by atoms with Gasteiger partial charge < -0.3 is 9.47 Å². The molecular formula is C10H15IO4. The van der Waals surface area contributed by atoms with Crippen molar-refractivity contribution in [3.8, 4) is 0 Å². The Morgan fingerprint density at radius 1 is 1.27 bits per heavy atom. The van der Waals surface area contributed by atoms with E-state index in [0.29, 0.717) is 19.6 Å². The zero-order valence-electron chi connectivity index (χ0n) is 8.92. The molecule has 0 spiro atoms. The number of rotatable bonds is 5. The van der Waals surface area contributed by atoms with E-state index in [1.807, 2.05) is 0 Å². The molecule has 1 fully saturated rings. The van der Waals surface area contributed by atoms with Crippen molar-refractivity contribution in [2.75, 3.05) is 17.6 Å². The second kappa shape index (κ2) is 5.14. The number of hydrogen-bond donors (Lipinski definition) is 0. The number of hydrogen-bond acceptors (Lipinski definition) is 4. The van der Waals surface area contributed by atoms with Gasteiger partial charge >= 0.3 is 11.9 Å². The van der Waals surface area contributed by atoms with Crippen molar-refractivity contribution in [3.05, 3.63) is 0 Å². The third-order valence-corrected chi connectivity index (χ3v) is 3.63. The molecule has 0 bridgehead atoms. The molecule has 0 aliphatic heterocycles. The van der Waals surface area contributed by atoms with Crippen LogP contribution in [0.1, 0.15) is 20.3 Å². The molecule has 0 radical (unpaired) electrons. The number of ether oxygens (including phenoxy) is 2. The van der Waals surface area contributed by atoms with Gasteiger partial charge in [0.05, 0.1) is 13.2 Å². The molecule has 0 aromatic heterocycles. The smallest absolute Gasteiger partial charge is 0.323 e. The lowest BCUT2D eigenvalue weighted by molar-refractivity contribution is -0.164. The first-order valence-corrected chi connectivity index (χ1v) is 6.56. The van der Waals surface area contributed by atoms with Gasteiger partial charge in [0.2, 0.25) is 0 Å². The zero-order valence-corrected chi connectivity index (χ0v) is 11.1. The first kappa shape index (κ1) is 12.7. The van der Waals surface area contributed by atoms with Crippen LogP contribution in [0.4, 0.5) is 0 Å². The molecule has 1 aliphatic rings. The Kier molecular flexibility index (Phi) is 4.36. The summed E-state index contributed by atoms with van der Waals surface area (Å²) in [6.07, 6.45) is 0.563. The molecule has 15 heavy (non-hydrogen) atoms. The topological polar surface area (TPSA) is 52.6 Å². The van der Waals surface area contributed by atoms with Crippen LogP contribution < -0.4 is 0 Å². The number of carbonyl (C=O) groups excluding carboxylic acids is 2. The van der Waals surface area contributed by atoms with Gasteiger partial charge in [-0.2, -0.15) is 0 Å². The van der Waals surface area contributed by atoms with Crippen LogP contribution in [0.15, 0.2) is 0 Å². The number of esters is 2. The van der Waals surface area contributed by atoms with Gasteiger partial charge in [0.1, 0.15) is 0 Å². The lowest BCUT2D eigenvalue weighted by atomic mass is 10.1. The second-order valence-electron chi connectivity index (χ2n) is 3.47. The lowest BCUT2D eigenvalue weighted by Gasteiger charge is -2.13. The van der Waals surface area contributed by atoms with Gasteiger partial charge in [-0.3, -0.25) is 9.59 Å². The summed E-state index contributed by atoms with van der Waals surface area (Å²) in [4.78, 5) is 23.4. The van der Waals surface area contributed by atoms with Gasteiger partial charge in [0, 0.05) is 4.43 Å². The van der Waals surface area contributed by atoms with Crippen molar-refractivity contribution in [2.45, 2.75) is 20.3 Å². The minimum atomic E-state index is -0.993. The fraction of sp³-hybridized carbons (Fsp3) is 0.800. The Morgan fingerprint density at radius 3 is 2.00 bits per heavy atom. The van der Waals surface area contributed by atoms with Gasteiger partial charge in [-0.05, 0) is 26.2 Å². The minimum Gasteiger partial charge on any atom is -0.465 e. The van der Waals surface area contributed by atoms with Crippen LogP contribution in [0.3, 0.4) is 0 Å². The minimum absolute atomic E-state index is 0.0798. The highest BCUT2D eigenvalue weighted by Gasteiger charge is 2.67. The van der Waals surface area contributed by atoms with Crippen molar-refractivity contribution in [1.82, 2.24) is 0 Å². The maximum absolute atomic E-state index is 11.7. The molecule has 1 aliphatic carbocycles. The molecule has 0 saturated heterocycles. The molecule has 0 heterocycles. The van der Waals surface area contributed by atoms with Crippen LogP contribution >= 0.6 is 22.6 Å². The predicted molar refractivity (Wildman–Crippen MR) is 62.7 cm³/mol. The largest absolute Gasteiger partial charge is 0.465 e. The fourth-order valence-electron chi connectivity index (χ4n) is 1.62. The highest BCUT2D eigenvalue weighted by molar-refractivity contribution is 14.1. The molecule has 1 atom stereocenters. The molecule has 5 heteroatoms. The number of alkyl halides is 1. The molecule has 0 aromatic rings. The van der Waals surface area contributed by atoms with Gasteiger partial charge in [-0.1, -0.05) is 22.6 Å². The van der Waals surface area contributed by atoms with Gasteiger partial charge in [0.15, 0.2) is 5.41 Å². The Hall–Kier alpha value is -0.330. The highest BCUT2D eigenvalue weighted by Crippen LogP contribution is 2.55. The molecule has 4 nitrogen and oxygen atoms in total. The van der Waals surface area contributed by atoms with E-state index in [1.165, 1.54) is 0 Å². The second-order valence-corrected chi connectivity index (χ2v) is 4.35. The van der Waals surface area contributed by atoms with Crippen molar-refractivity contribution >= 4 is 34.5 Å². The van der Waals surface area contributed by atoms with Crippen LogP contribution in [-0.2, 0) is 19.1 Å². The summed E-state index contributed by atoms with van der Waals surface area (Å²) in [6, 6.07) is 0. The van der Waals surface area contributed by atoms with E-state index < -0.39 is 17.4 Å². The first-order valence-electron chi connectivity index (χ1n) is 5.03. The van der Waals surface area contributed by atoms with E-state index in [-0.39, 0.29) is 5.92 Å². The van der Waals surface area contributed by atoms with Crippen LogP contribution in [0, 0.1) is 11.3 Å². The number of carbonyl (C=O) groups is 2. The molecule has 0 amide bonds. The number of halogens is 1. The Balaban J connectivity index is 2.73. The van der Waals surface area contributed by atoms with E-state index in [1.54, 1.807) is 13.8 Å². The Morgan fingerprint density at radius 2 is 1.73 bits per heavy atom. The van der Waals surface area contributed by atoms with E-state index in [2.05, 4.69) is 22.6 Å². The summed E-state index contributed by atoms with van der Waals surface area (Å²) >= 11 is 2.17. The zero-order chi connectivity index (χ0) is 11.5. The van der Waals surface area contributed by atoms with Crippen molar-refractivity contribution in [2.24, 2.45) is 11.3 Å². The van der Waals surface area contributed by atoms with Crippen LogP contribution in [-0.4, -0.2) is 29.6 Å². The maximum Gasteiger partial charge on any atom is 0.323 e. The van der Waals surface area contributed by atoms with E-state index in [9.17, 15) is 9.59 Å².